The Bertz CT molecular complexity index is 1080. The molecule has 0 saturated carbocycles. The summed E-state index contributed by atoms with van der Waals surface area (Å²) in [5.74, 6) is 0.262. The van der Waals surface area contributed by atoms with Crippen molar-refractivity contribution in [3.63, 3.8) is 0 Å². The number of H-pyrrole nitrogens is 1. The summed E-state index contributed by atoms with van der Waals surface area (Å²) in [6.07, 6.45) is 2.11. The second kappa shape index (κ2) is 8.64. The van der Waals surface area contributed by atoms with Crippen molar-refractivity contribution in [3.05, 3.63) is 88.2 Å². The molecule has 4 nitrogen and oxygen atoms in total. The molecule has 2 aromatic carbocycles. The van der Waals surface area contributed by atoms with Gasteiger partial charge < -0.3 is 15.6 Å². The molecule has 29 heavy (non-hydrogen) atoms. The van der Waals surface area contributed by atoms with E-state index in [1.807, 2.05) is 44.2 Å². The normalized spacial score (nSPS) is 13.3. The molecule has 0 unspecified atom stereocenters. The summed E-state index contributed by atoms with van der Waals surface area (Å²) in [6.45, 7) is 4.81. The van der Waals surface area contributed by atoms with Gasteiger partial charge in [0, 0.05) is 27.7 Å². The van der Waals surface area contributed by atoms with Gasteiger partial charge in [-0.3, -0.25) is 4.79 Å². The van der Waals surface area contributed by atoms with Gasteiger partial charge in [-0.15, -0.1) is 11.3 Å². The van der Waals surface area contributed by atoms with Gasteiger partial charge in [-0.25, -0.2) is 0 Å². The fourth-order valence-corrected chi connectivity index (χ4v) is 4.47. The largest absolute Gasteiger partial charge is 0.361 e. The first-order valence-electron chi connectivity index (χ1n) is 9.92. The lowest BCUT2D eigenvalue weighted by Crippen LogP contribution is -2.92. The van der Waals surface area contributed by atoms with Crippen molar-refractivity contribution < 1.29 is 10.1 Å². The molecule has 0 saturated heterocycles. The van der Waals surface area contributed by atoms with E-state index < -0.39 is 0 Å². The monoisotopic (exact) mass is 404 g/mol. The van der Waals surface area contributed by atoms with Crippen LogP contribution in [0.25, 0.3) is 10.9 Å². The van der Waals surface area contributed by atoms with Crippen LogP contribution < -0.4 is 10.6 Å². The van der Waals surface area contributed by atoms with E-state index in [4.69, 9.17) is 0 Å². The van der Waals surface area contributed by atoms with Crippen LogP contribution in [0, 0.1) is 6.92 Å². The summed E-state index contributed by atoms with van der Waals surface area (Å²) >= 11 is 1.77. The van der Waals surface area contributed by atoms with E-state index in [1.165, 1.54) is 21.4 Å². The van der Waals surface area contributed by atoms with Crippen LogP contribution in [-0.2, 0) is 4.79 Å². The van der Waals surface area contributed by atoms with Crippen LogP contribution in [0.5, 0.6) is 0 Å². The molecular weight excluding hydrogens is 378 g/mol. The van der Waals surface area contributed by atoms with E-state index in [9.17, 15) is 4.79 Å². The first-order chi connectivity index (χ1) is 14.1. The number of fused-ring (bicyclic) bond motifs is 1. The van der Waals surface area contributed by atoms with Crippen LogP contribution in [0.15, 0.2) is 72.2 Å². The average Bonchev–Trinajstić information content (AvgIpc) is 3.40. The quantitative estimate of drug-likeness (QED) is 0.423. The highest BCUT2D eigenvalue weighted by Gasteiger charge is 2.24. The van der Waals surface area contributed by atoms with E-state index in [2.05, 4.69) is 57.5 Å². The lowest BCUT2D eigenvalue weighted by molar-refractivity contribution is -0.674. The van der Waals surface area contributed by atoms with Gasteiger partial charge in [-0.05, 0) is 49.1 Å². The Hall–Kier alpha value is -2.89. The Balaban J connectivity index is 1.48. The van der Waals surface area contributed by atoms with Gasteiger partial charge in [0.25, 0.3) is 5.91 Å². The minimum absolute atomic E-state index is 0.0257. The third-order valence-corrected chi connectivity index (χ3v) is 6.33. The van der Waals surface area contributed by atoms with Gasteiger partial charge in [0.05, 0.1) is 12.5 Å². The zero-order valence-corrected chi connectivity index (χ0v) is 17.5. The highest BCUT2D eigenvalue weighted by atomic mass is 32.1. The van der Waals surface area contributed by atoms with Crippen molar-refractivity contribution in [1.82, 2.24) is 4.98 Å². The van der Waals surface area contributed by atoms with E-state index in [0.717, 1.165) is 17.7 Å². The summed E-state index contributed by atoms with van der Waals surface area (Å²) in [5, 5.41) is 8.51. The van der Waals surface area contributed by atoms with Gasteiger partial charge in [0.15, 0.2) is 6.04 Å². The number of aryl methyl sites for hydroxylation is 1. The number of anilines is 1. The van der Waals surface area contributed by atoms with Gasteiger partial charge in [-0.2, -0.15) is 0 Å². The lowest BCUT2D eigenvalue weighted by Gasteiger charge is -2.17. The van der Waals surface area contributed by atoms with Gasteiger partial charge >= 0.3 is 0 Å². The number of amides is 1. The number of nitrogens with two attached hydrogens (primary N) is 1. The molecule has 5 heteroatoms. The molecule has 0 spiro atoms. The molecule has 4 N–H and O–H groups in total. The molecule has 0 radical (unpaired) electrons. The average molecular weight is 405 g/mol. The van der Waals surface area contributed by atoms with Gasteiger partial charge in [-0.1, -0.05) is 42.0 Å². The maximum atomic E-state index is 12.6. The van der Waals surface area contributed by atoms with Crippen LogP contribution in [0.3, 0.4) is 0 Å². The summed E-state index contributed by atoms with van der Waals surface area (Å²) in [7, 11) is 0. The fraction of sp³-hybridized carbons (Fsp3) is 0.208. The first-order valence-corrected chi connectivity index (χ1v) is 10.8. The molecule has 4 aromatic rings. The highest BCUT2D eigenvalue weighted by Crippen LogP contribution is 2.32. The number of hydrogen-bond acceptors (Lipinski definition) is 2. The second-order valence-corrected chi connectivity index (χ2v) is 8.45. The molecule has 4 rings (SSSR count). The van der Waals surface area contributed by atoms with Crippen LogP contribution in [0.2, 0.25) is 0 Å². The maximum Gasteiger partial charge on any atom is 0.282 e. The number of para-hydroxylation sites is 1. The SMILES string of the molecule is Cc1ccc(NC(=O)[C@H](C)[NH2+]C[C@H](c2cccs2)c2c[nH]c3ccccc23)cc1. The Morgan fingerprint density at radius 1 is 1.10 bits per heavy atom. The number of quaternary nitrogens is 1. The highest BCUT2D eigenvalue weighted by molar-refractivity contribution is 7.10. The summed E-state index contributed by atoms with van der Waals surface area (Å²) in [5.41, 5.74) is 4.45. The zero-order valence-electron chi connectivity index (χ0n) is 16.7. The number of hydrogen-bond donors (Lipinski definition) is 3. The number of carbonyl (C=O) groups is 1. The molecule has 2 aromatic heterocycles. The molecule has 1 amide bonds. The number of aromatic nitrogens is 1. The number of benzene rings is 2. The van der Waals surface area contributed by atoms with Crippen LogP contribution in [0.4, 0.5) is 5.69 Å². The molecule has 2 heterocycles. The number of carbonyl (C=O) groups excluding carboxylic acids is 1. The van der Waals surface area contributed by atoms with E-state index in [0.29, 0.717) is 0 Å². The van der Waals surface area contributed by atoms with Crippen LogP contribution >= 0.6 is 11.3 Å². The first kappa shape index (κ1) is 19.4. The van der Waals surface area contributed by atoms with Crippen molar-refractivity contribution in [2.24, 2.45) is 0 Å². The van der Waals surface area contributed by atoms with Crippen molar-refractivity contribution >= 4 is 33.8 Å². The standard InChI is InChI=1S/C24H25N3OS/c1-16-9-11-18(12-10-16)27-24(28)17(2)25-15-21(23-8-5-13-29-23)20-14-26-22-7-4-3-6-19(20)22/h3-14,17,21,25-26H,15H2,1-2H3,(H,27,28)/p+1/t17-,21-/m0/s1. The number of rotatable bonds is 7. The molecular formula is C24H26N3OS+. The van der Waals surface area contributed by atoms with Gasteiger partial charge in [0.1, 0.15) is 0 Å². The molecule has 0 fully saturated rings. The van der Waals surface area contributed by atoms with Crippen molar-refractivity contribution in [2.45, 2.75) is 25.8 Å². The number of aromatic amines is 1. The second-order valence-electron chi connectivity index (χ2n) is 7.47. The zero-order chi connectivity index (χ0) is 20.2. The van der Waals surface area contributed by atoms with Crippen molar-refractivity contribution in [3.8, 4) is 0 Å². The predicted molar refractivity (Wildman–Crippen MR) is 121 cm³/mol. The summed E-state index contributed by atoms with van der Waals surface area (Å²) in [4.78, 5) is 17.4. The van der Waals surface area contributed by atoms with Crippen LogP contribution in [0.1, 0.15) is 28.8 Å². The van der Waals surface area contributed by atoms with E-state index >= 15 is 0 Å². The summed E-state index contributed by atoms with van der Waals surface area (Å²) in [6, 6.07) is 20.4. The van der Waals surface area contributed by atoms with E-state index in [-0.39, 0.29) is 17.9 Å². The predicted octanol–water partition coefficient (Wildman–Crippen LogP) is 4.26. The van der Waals surface area contributed by atoms with Gasteiger partial charge in [0.2, 0.25) is 0 Å². The van der Waals surface area contributed by atoms with Crippen molar-refractivity contribution in [2.75, 3.05) is 11.9 Å². The Morgan fingerprint density at radius 2 is 1.90 bits per heavy atom. The summed E-state index contributed by atoms with van der Waals surface area (Å²) < 4.78 is 0. The van der Waals surface area contributed by atoms with Crippen LogP contribution in [-0.4, -0.2) is 23.5 Å². The third kappa shape index (κ3) is 4.42. The maximum absolute atomic E-state index is 12.6. The lowest BCUT2D eigenvalue weighted by atomic mass is 9.96. The molecule has 0 aliphatic carbocycles. The molecule has 0 bridgehead atoms. The topological polar surface area (TPSA) is 61.5 Å². The number of thiophene rings is 1. The number of nitrogens with one attached hydrogen (secondary N) is 2. The third-order valence-electron chi connectivity index (χ3n) is 5.34. The Labute approximate surface area is 175 Å². The molecule has 2 atom stereocenters. The van der Waals surface area contributed by atoms with E-state index in [1.54, 1.807) is 11.3 Å². The fourth-order valence-electron chi connectivity index (χ4n) is 3.61. The Morgan fingerprint density at radius 3 is 2.66 bits per heavy atom. The minimum Gasteiger partial charge on any atom is -0.361 e. The minimum atomic E-state index is -0.177. The molecule has 0 aliphatic rings. The Kier molecular flexibility index (Phi) is 5.79. The molecule has 0 aliphatic heterocycles. The molecule has 148 valence electrons. The smallest absolute Gasteiger partial charge is 0.282 e. The van der Waals surface area contributed by atoms with Crippen molar-refractivity contribution in [1.29, 1.82) is 0 Å².